The quantitative estimate of drug-likeness (QED) is 0.679. The Morgan fingerprint density at radius 2 is 1.92 bits per heavy atom. The lowest BCUT2D eigenvalue weighted by Gasteiger charge is -2.30. The Morgan fingerprint density at radius 3 is 2.33 bits per heavy atom. The maximum atomic E-state index is 13.6. The molecule has 0 bridgehead atoms. The van der Waals surface area contributed by atoms with Crippen molar-refractivity contribution in [2.24, 2.45) is 11.7 Å². The first kappa shape index (κ1) is 9.49. The van der Waals surface area contributed by atoms with Crippen molar-refractivity contribution in [3.8, 4) is 0 Å². The molecule has 1 rings (SSSR count). The highest BCUT2D eigenvalue weighted by Gasteiger charge is 2.40. The van der Waals surface area contributed by atoms with E-state index >= 15 is 0 Å². The third kappa shape index (κ3) is 1.76. The second-order valence-electron chi connectivity index (χ2n) is 3.77. The maximum Gasteiger partial charge on any atom is 0.255 e. The van der Waals surface area contributed by atoms with Crippen LogP contribution in [0.4, 0.5) is 4.39 Å². The zero-order valence-corrected chi connectivity index (χ0v) is 7.48. The molecule has 0 radical (unpaired) electrons. The van der Waals surface area contributed by atoms with Crippen molar-refractivity contribution in [1.29, 1.82) is 0 Å². The SMILES string of the molecule is C[C@](F)(C(N)=O)C1CCCCC1. The van der Waals surface area contributed by atoms with E-state index in [1.165, 1.54) is 6.92 Å². The van der Waals surface area contributed by atoms with Crippen LogP contribution in [0.1, 0.15) is 39.0 Å². The van der Waals surface area contributed by atoms with Crippen LogP contribution in [0.5, 0.6) is 0 Å². The Kier molecular flexibility index (Phi) is 2.70. The summed E-state index contributed by atoms with van der Waals surface area (Å²) in [6.45, 7) is 1.31. The van der Waals surface area contributed by atoms with Crippen LogP contribution in [0.15, 0.2) is 0 Å². The fourth-order valence-corrected chi connectivity index (χ4v) is 1.85. The molecule has 1 atom stereocenters. The number of primary amides is 1. The second-order valence-corrected chi connectivity index (χ2v) is 3.77. The van der Waals surface area contributed by atoms with E-state index in [0.717, 1.165) is 32.1 Å². The molecule has 0 aromatic carbocycles. The molecule has 1 fully saturated rings. The van der Waals surface area contributed by atoms with Crippen molar-refractivity contribution in [2.45, 2.75) is 44.7 Å². The minimum absolute atomic E-state index is 0.149. The fourth-order valence-electron chi connectivity index (χ4n) is 1.85. The normalized spacial score (nSPS) is 24.8. The number of alkyl halides is 1. The molecule has 70 valence electrons. The van der Waals surface area contributed by atoms with Gasteiger partial charge in [-0.05, 0) is 19.8 Å². The maximum absolute atomic E-state index is 13.6. The van der Waals surface area contributed by atoms with E-state index in [-0.39, 0.29) is 5.92 Å². The van der Waals surface area contributed by atoms with Gasteiger partial charge >= 0.3 is 0 Å². The average molecular weight is 173 g/mol. The Labute approximate surface area is 72.3 Å². The van der Waals surface area contributed by atoms with E-state index in [9.17, 15) is 9.18 Å². The topological polar surface area (TPSA) is 43.1 Å². The van der Waals surface area contributed by atoms with Crippen LogP contribution in [0, 0.1) is 5.92 Å². The van der Waals surface area contributed by atoms with Gasteiger partial charge in [-0.15, -0.1) is 0 Å². The predicted molar refractivity (Wildman–Crippen MR) is 45.3 cm³/mol. The summed E-state index contributed by atoms with van der Waals surface area (Å²) in [7, 11) is 0. The van der Waals surface area contributed by atoms with Crippen LogP contribution >= 0.6 is 0 Å². The molecular formula is C9H16FNO. The minimum Gasteiger partial charge on any atom is -0.367 e. The minimum atomic E-state index is -1.79. The van der Waals surface area contributed by atoms with Gasteiger partial charge in [-0.1, -0.05) is 19.3 Å². The van der Waals surface area contributed by atoms with Gasteiger partial charge in [-0.25, -0.2) is 4.39 Å². The number of halogens is 1. The Bertz CT molecular complexity index is 173. The summed E-state index contributed by atoms with van der Waals surface area (Å²) in [5, 5.41) is 0. The van der Waals surface area contributed by atoms with Gasteiger partial charge in [0.15, 0.2) is 5.67 Å². The van der Waals surface area contributed by atoms with Crippen molar-refractivity contribution in [3.63, 3.8) is 0 Å². The van der Waals surface area contributed by atoms with Crippen molar-refractivity contribution >= 4 is 5.91 Å². The van der Waals surface area contributed by atoms with Crippen LogP contribution in [-0.4, -0.2) is 11.6 Å². The fraction of sp³-hybridized carbons (Fsp3) is 0.889. The van der Waals surface area contributed by atoms with Crippen LogP contribution in [0.2, 0.25) is 0 Å². The Hall–Kier alpha value is -0.600. The van der Waals surface area contributed by atoms with E-state index in [2.05, 4.69) is 0 Å². The monoisotopic (exact) mass is 173 g/mol. The van der Waals surface area contributed by atoms with E-state index in [0.29, 0.717) is 0 Å². The van der Waals surface area contributed by atoms with E-state index in [4.69, 9.17) is 5.73 Å². The van der Waals surface area contributed by atoms with Crippen LogP contribution in [0.25, 0.3) is 0 Å². The zero-order valence-electron chi connectivity index (χ0n) is 7.48. The van der Waals surface area contributed by atoms with Gasteiger partial charge in [0.1, 0.15) is 0 Å². The summed E-state index contributed by atoms with van der Waals surface area (Å²) in [5.74, 6) is -0.960. The van der Waals surface area contributed by atoms with Gasteiger partial charge in [0.25, 0.3) is 5.91 Å². The van der Waals surface area contributed by atoms with E-state index < -0.39 is 11.6 Å². The number of carbonyl (C=O) groups is 1. The van der Waals surface area contributed by atoms with E-state index in [1.807, 2.05) is 0 Å². The average Bonchev–Trinajstić information content (AvgIpc) is 2.06. The van der Waals surface area contributed by atoms with Crippen molar-refractivity contribution in [1.82, 2.24) is 0 Å². The third-order valence-corrected chi connectivity index (χ3v) is 2.85. The summed E-state index contributed by atoms with van der Waals surface area (Å²) >= 11 is 0. The Balaban J connectivity index is 2.59. The van der Waals surface area contributed by atoms with Crippen molar-refractivity contribution < 1.29 is 9.18 Å². The number of hydrogen-bond donors (Lipinski definition) is 1. The van der Waals surface area contributed by atoms with Crippen molar-refractivity contribution in [2.75, 3.05) is 0 Å². The number of hydrogen-bond acceptors (Lipinski definition) is 1. The number of rotatable bonds is 2. The van der Waals surface area contributed by atoms with Gasteiger partial charge in [0, 0.05) is 5.92 Å². The smallest absolute Gasteiger partial charge is 0.255 e. The summed E-state index contributed by atoms with van der Waals surface area (Å²) in [4.78, 5) is 10.8. The largest absolute Gasteiger partial charge is 0.367 e. The molecule has 0 aromatic heterocycles. The molecule has 0 saturated heterocycles. The van der Waals surface area contributed by atoms with E-state index in [1.54, 1.807) is 0 Å². The number of nitrogens with two attached hydrogens (primary N) is 1. The third-order valence-electron chi connectivity index (χ3n) is 2.85. The highest BCUT2D eigenvalue weighted by atomic mass is 19.1. The second kappa shape index (κ2) is 3.42. The molecule has 2 N–H and O–H groups in total. The molecule has 0 aliphatic heterocycles. The molecule has 0 heterocycles. The molecule has 12 heavy (non-hydrogen) atoms. The molecule has 1 amide bonds. The predicted octanol–water partition coefficient (Wildman–Crippen LogP) is 1.78. The molecule has 0 spiro atoms. The lowest BCUT2D eigenvalue weighted by Crippen LogP contribution is -2.44. The summed E-state index contributed by atoms with van der Waals surface area (Å²) < 4.78 is 13.6. The molecule has 1 aliphatic rings. The van der Waals surface area contributed by atoms with Gasteiger partial charge in [0.05, 0.1) is 0 Å². The molecule has 1 saturated carbocycles. The van der Waals surface area contributed by atoms with Crippen LogP contribution < -0.4 is 5.73 Å². The van der Waals surface area contributed by atoms with Crippen LogP contribution in [-0.2, 0) is 4.79 Å². The molecule has 3 heteroatoms. The first-order valence-electron chi connectivity index (χ1n) is 4.54. The molecule has 0 unspecified atom stereocenters. The number of carbonyl (C=O) groups excluding carboxylic acids is 1. The summed E-state index contributed by atoms with van der Waals surface area (Å²) in [5.41, 5.74) is 3.20. The summed E-state index contributed by atoms with van der Waals surface area (Å²) in [6.07, 6.45) is 4.81. The first-order valence-corrected chi connectivity index (χ1v) is 4.54. The van der Waals surface area contributed by atoms with Crippen molar-refractivity contribution in [3.05, 3.63) is 0 Å². The molecule has 2 nitrogen and oxygen atoms in total. The first-order chi connectivity index (χ1) is 5.55. The van der Waals surface area contributed by atoms with Gasteiger partial charge < -0.3 is 5.73 Å². The highest BCUT2D eigenvalue weighted by molar-refractivity contribution is 5.83. The van der Waals surface area contributed by atoms with Gasteiger partial charge in [0.2, 0.25) is 0 Å². The lowest BCUT2D eigenvalue weighted by atomic mass is 9.78. The lowest BCUT2D eigenvalue weighted by molar-refractivity contribution is -0.132. The van der Waals surface area contributed by atoms with Crippen LogP contribution in [0.3, 0.4) is 0 Å². The Morgan fingerprint density at radius 1 is 1.42 bits per heavy atom. The summed E-state index contributed by atoms with van der Waals surface area (Å²) in [6, 6.07) is 0. The number of amides is 1. The molecule has 0 aromatic rings. The van der Waals surface area contributed by atoms with Gasteiger partial charge in [-0.3, -0.25) is 4.79 Å². The highest BCUT2D eigenvalue weighted by Crippen LogP contribution is 2.34. The molecule has 1 aliphatic carbocycles. The standard InChI is InChI=1S/C9H16FNO/c1-9(10,8(11)12)7-5-3-2-4-6-7/h7H,2-6H2,1H3,(H2,11,12)/t9-/m1/s1. The molecular weight excluding hydrogens is 157 g/mol. The zero-order chi connectivity index (χ0) is 9.19. The van der Waals surface area contributed by atoms with Gasteiger partial charge in [-0.2, -0.15) is 0 Å².